The number of hydrogen-bond donors (Lipinski definition) is 1. The van der Waals surface area contributed by atoms with Crippen molar-refractivity contribution in [1.29, 1.82) is 0 Å². The summed E-state index contributed by atoms with van der Waals surface area (Å²) in [5.41, 5.74) is 2.59. The minimum absolute atomic E-state index is 0.0804. The molecule has 1 N–H and O–H groups in total. The zero-order valence-corrected chi connectivity index (χ0v) is 21.1. The summed E-state index contributed by atoms with van der Waals surface area (Å²) in [6, 6.07) is 22.6. The molecule has 4 nitrogen and oxygen atoms in total. The average molecular weight is 525 g/mol. The molecule has 3 aromatic carbocycles. The van der Waals surface area contributed by atoms with Crippen molar-refractivity contribution < 1.29 is 14.0 Å². The van der Waals surface area contributed by atoms with E-state index in [1.54, 1.807) is 17.0 Å². The van der Waals surface area contributed by atoms with E-state index in [1.165, 1.54) is 12.1 Å². The van der Waals surface area contributed by atoms with Crippen LogP contribution in [0.5, 0.6) is 0 Å². The fraction of sp³-hybridized carbons (Fsp3) is 0.286. The fourth-order valence-corrected chi connectivity index (χ4v) is 4.13. The van der Waals surface area contributed by atoms with Crippen molar-refractivity contribution in [3.8, 4) is 0 Å². The second-order valence-electron chi connectivity index (χ2n) is 8.80. The first kappa shape index (κ1) is 25.6. The van der Waals surface area contributed by atoms with Crippen molar-refractivity contribution >= 4 is 27.7 Å². The molecule has 0 aliphatic heterocycles. The number of benzene rings is 3. The highest BCUT2D eigenvalue weighted by Crippen LogP contribution is 2.19. The Bertz CT molecular complexity index is 1090. The summed E-state index contributed by atoms with van der Waals surface area (Å²) in [4.78, 5) is 28.6. The number of carbonyl (C=O) groups excluding carboxylic acids is 2. The van der Waals surface area contributed by atoms with Gasteiger partial charge in [-0.2, -0.15) is 0 Å². The highest BCUT2D eigenvalue weighted by atomic mass is 79.9. The molecule has 178 valence electrons. The molecular formula is C28H30BrFN2O2. The van der Waals surface area contributed by atoms with Crippen molar-refractivity contribution in [1.82, 2.24) is 10.2 Å². The van der Waals surface area contributed by atoms with E-state index in [9.17, 15) is 14.0 Å². The molecule has 0 spiro atoms. The first-order valence-corrected chi connectivity index (χ1v) is 12.2. The zero-order chi connectivity index (χ0) is 24.5. The van der Waals surface area contributed by atoms with Crippen LogP contribution < -0.4 is 5.32 Å². The Morgan fingerprint density at radius 2 is 1.59 bits per heavy atom. The van der Waals surface area contributed by atoms with Gasteiger partial charge in [0, 0.05) is 24.0 Å². The third-order valence-corrected chi connectivity index (χ3v) is 5.96. The number of rotatable bonds is 10. The number of hydrogen-bond acceptors (Lipinski definition) is 2. The van der Waals surface area contributed by atoms with Gasteiger partial charge in [0.05, 0.1) is 6.42 Å². The molecule has 0 radical (unpaired) electrons. The summed E-state index contributed by atoms with van der Waals surface area (Å²) >= 11 is 3.49. The van der Waals surface area contributed by atoms with E-state index in [1.807, 2.05) is 68.4 Å². The number of nitrogens with one attached hydrogen (secondary N) is 1. The van der Waals surface area contributed by atoms with Crippen LogP contribution in [0.1, 0.15) is 30.5 Å². The van der Waals surface area contributed by atoms with Gasteiger partial charge < -0.3 is 10.2 Å². The molecule has 3 aromatic rings. The predicted molar refractivity (Wildman–Crippen MR) is 137 cm³/mol. The molecule has 2 amide bonds. The van der Waals surface area contributed by atoms with Crippen LogP contribution in [0.3, 0.4) is 0 Å². The summed E-state index contributed by atoms with van der Waals surface area (Å²) < 4.78 is 14.3. The topological polar surface area (TPSA) is 49.4 Å². The molecule has 0 aliphatic rings. The smallest absolute Gasteiger partial charge is 0.243 e. The Morgan fingerprint density at radius 1 is 0.912 bits per heavy atom. The van der Waals surface area contributed by atoms with Crippen molar-refractivity contribution in [3.63, 3.8) is 0 Å². The van der Waals surface area contributed by atoms with Crippen LogP contribution in [0.2, 0.25) is 0 Å². The Labute approximate surface area is 209 Å². The van der Waals surface area contributed by atoms with E-state index >= 15 is 0 Å². The molecule has 0 saturated heterocycles. The molecule has 1 atom stereocenters. The minimum Gasteiger partial charge on any atom is -0.354 e. The lowest BCUT2D eigenvalue weighted by Gasteiger charge is -2.32. The lowest BCUT2D eigenvalue weighted by Crippen LogP contribution is -2.51. The Balaban J connectivity index is 1.94. The zero-order valence-electron chi connectivity index (χ0n) is 19.5. The molecule has 0 saturated carbocycles. The SMILES string of the molecule is CC(C)CNC(=O)[C@@H](Cc1ccccc1)N(Cc1cccc(Br)c1)C(=O)Cc1ccc(F)cc1. The van der Waals surface area contributed by atoms with Crippen LogP contribution >= 0.6 is 15.9 Å². The van der Waals surface area contributed by atoms with Crippen molar-refractivity contribution in [3.05, 3.63) is 106 Å². The van der Waals surface area contributed by atoms with Gasteiger partial charge in [-0.1, -0.05) is 84.4 Å². The lowest BCUT2D eigenvalue weighted by atomic mass is 10.0. The third-order valence-electron chi connectivity index (χ3n) is 5.47. The van der Waals surface area contributed by atoms with Gasteiger partial charge in [-0.3, -0.25) is 9.59 Å². The maximum atomic E-state index is 13.6. The first-order chi connectivity index (χ1) is 16.3. The van der Waals surface area contributed by atoms with Gasteiger partial charge in [-0.15, -0.1) is 0 Å². The molecule has 6 heteroatoms. The predicted octanol–water partition coefficient (Wildman–Crippen LogP) is 5.54. The number of carbonyl (C=O) groups is 2. The molecule has 0 aliphatic carbocycles. The van der Waals surface area contributed by atoms with Crippen LogP contribution in [0, 0.1) is 11.7 Å². The van der Waals surface area contributed by atoms with Crippen LogP contribution in [0.4, 0.5) is 4.39 Å². The Morgan fingerprint density at radius 3 is 2.24 bits per heavy atom. The molecule has 0 fully saturated rings. The van der Waals surface area contributed by atoms with Gasteiger partial charge in [0.1, 0.15) is 11.9 Å². The Hall–Kier alpha value is -2.99. The molecule has 0 heterocycles. The van der Waals surface area contributed by atoms with Gasteiger partial charge in [-0.25, -0.2) is 4.39 Å². The maximum absolute atomic E-state index is 13.6. The second-order valence-corrected chi connectivity index (χ2v) is 9.71. The molecule has 0 bridgehead atoms. The van der Waals surface area contributed by atoms with Crippen LogP contribution in [-0.2, 0) is 29.0 Å². The van der Waals surface area contributed by atoms with Gasteiger partial charge in [0.15, 0.2) is 0 Å². The van der Waals surface area contributed by atoms with Crippen molar-refractivity contribution in [2.75, 3.05) is 6.54 Å². The summed E-state index contributed by atoms with van der Waals surface area (Å²) in [5.74, 6) is -0.431. The van der Waals surface area contributed by atoms with Gasteiger partial charge in [0.25, 0.3) is 0 Å². The third kappa shape index (κ3) is 7.80. The molecule has 0 aromatic heterocycles. The normalized spacial score (nSPS) is 11.8. The minimum atomic E-state index is -0.687. The Kier molecular flexibility index (Phi) is 9.40. The molecule has 3 rings (SSSR count). The van der Waals surface area contributed by atoms with E-state index in [2.05, 4.69) is 21.2 Å². The van der Waals surface area contributed by atoms with E-state index in [0.29, 0.717) is 18.5 Å². The number of nitrogens with zero attached hydrogens (tertiary/aromatic N) is 1. The summed E-state index contributed by atoms with van der Waals surface area (Å²) in [7, 11) is 0. The van der Waals surface area contributed by atoms with E-state index in [4.69, 9.17) is 0 Å². The van der Waals surface area contributed by atoms with Crippen LogP contribution in [0.25, 0.3) is 0 Å². The van der Waals surface area contributed by atoms with E-state index in [0.717, 1.165) is 15.6 Å². The second kappa shape index (κ2) is 12.5. The van der Waals surface area contributed by atoms with Crippen molar-refractivity contribution in [2.45, 2.75) is 39.3 Å². The molecule has 0 unspecified atom stereocenters. The maximum Gasteiger partial charge on any atom is 0.243 e. The van der Waals surface area contributed by atoms with Gasteiger partial charge in [-0.05, 0) is 46.9 Å². The average Bonchev–Trinajstić information content (AvgIpc) is 2.82. The first-order valence-electron chi connectivity index (χ1n) is 11.4. The fourth-order valence-electron chi connectivity index (χ4n) is 3.69. The quantitative estimate of drug-likeness (QED) is 0.378. The monoisotopic (exact) mass is 524 g/mol. The summed E-state index contributed by atoms with van der Waals surface area (Å²) in [6.07, 6.45) is 0.477. The molecular weight excluding hydrogens is 495 g/mol. The highest BCUT2D eigenvalue weighted by molar-refractivity contribution is 9.10. The van der Waals surface area contributed by atoms with Crippen LogP contribution in [-0.4, -0.2) is 29.3 Å². The molecule has 34 heavy (non-hydrogen) atoms. The van der Waals surface area contributed by atoms with Crippen molar-refractivity contribution in [2.24, 2.45) is 5.92 Å². The van der Waals surface area contributed by atoms with Gasteiger partial charge >= 0.3 is 0 Å². The van der Waals surface area contributed by atoms with Crippen LogP contribution in [0.15, 0.2) is 83.3 Å². The van der Waals surface area contributed by atoms with E-state index in [-0.39, 0.29) is 36.5 Å². The highest BCUT2D eigenvalue weighted by Gasteiger charge is 2.30. The number of amides is 2. The van der Waals surface area contributed by atoms with Gasteiger partial charge in [0.2, 0.25) is 11.8 Å². The standard InChI is InChI=1S/C28H30BrFN2O2/c1-20(2)18-31-28(34)26(16-21-7-4-3-5-8-21)32(19-23-9-6-10-24(29)15-23)27(33)17-22-11-13-25(30)14-12-22/h3-15,20,26H,16-19H2,1-2H3,(H,31,34)/t26-/m1/s1. The summed E-state index contributed by atoms with van der Waals surface area (Å²) in [6.45, 7) is 4.88. The largest absolute Gasteiger partial charge is 0.354 e. The number of halogens is 2. The lowest BCUT2D eigenvalue weighted by molar-refractivity contribution is -0.140. The van der Waals surface area contributed by atoms with E-state index < -0.39 is 6.04 Å². The summed E-state index contributed by atoms with van der Waals surface area (Å²) in [5, 5.41) is 3.01.